The number of anilines is 1. The monoisotopic (exact) mass is 417 g/mol. The number of amides is 2. The van der Waals surface area contributed by atoms with Crippen LogP contribution in [0, 0.1) is 5.92 Å². The van der Waals surface area contributed by atoms with Crippen LogP contribution in [0.1, 0.15) is 19.4 Å². The molecule has 0 saturated heterocycles. The van der Waals surface area contributed by atoms with E-state index in [4.69, 9.17) is 11.6 Å². The third-order valence-corrected chi connectivity index (χ3v) is 5.34. The topological polar surface area (TPSA) is 45.2 Å². The van der Waals surface area contributed by atoms with E-state index in [1.807, 2.05) is 72.8 Å². The molecule has 1 heterocycles. The molecule has 30 heavy (non-hydrogen) atoms. The Morgan fingerprint density at radius 2 is 1.70 bits per heavy atom. The third kappa shape index (κ3) is 4.39. The normalized spacial score (nSPS) is 11.2. The van der Waals surface area contributed by atoms with Gasteiger partial charge in [-0.05, 0) is 29.5 Å². The van der Waals surface area contributed by atoms with Crippen molar-refractivity contribution >= 4 is 45.0 Å². The van der Waals surface area contributed by atoms with Crippen molar-refractivity contribution < 1.29 is 4.79 Å². The number of carbonyl (C=O) groups is 1. The van der Waals surface area contributed by atoms with Crippen molar-refractivity contribution in [1.29, 1.82) is 0 Å². The van der Waals surface area contributed by atoms with Crippen LogP contribution < -0.4 is 5.32 Å². The molecule has 152 valence electrons. The molecule has 5 heteroatoms. The van der Waals surface area contributed by atoms with Crippen molar-refractivity contribution in [3.8, 4) is 0 Å². The van der Waals surface area contributed by atoms with E-state index in [1.165, 1.54) is 0 Å². The van der Waals surface area contributed by atoms with Crippen LogP contribution in [0.25, 0.3) is 21.7 Å². The number of rotatable bonds is 5. The highest BCUT2D eigenvalue weighted by Crippen LogP contribution is 2.25. The predicted octanol–water partition coefficient (Wildman–Crippen LogP) is 6.73. The Kier molecular flexibility index (Phi) is 5.86. The van der Waals surface area contributed by atoms with Crippen molar-refractivity contribution in [1.82, 2.24) is 9.88 Å². The molecule has 0 fully saturated rings. The van der Waals surface area contributed by atoms with Gasteiger partial charge in [-0.2, -0.15) is 0 Å². The zero-order chi connectivity index (χ0) is 21.1. The number of carbonyl (C=O) groups excluding carboxylic acids is 1. The first-order valence-electron chi connectivity index (χ1n) is 10.1. The highest BCUT2D eigenvalue weighted by molar-refractivity contribution is 6.30. The number of benzene rings is 3. The molecule has 0 saturated carbocycles. The molecule has 0 unspecified atom stereocenters. The number of halogens is 1. The Balaban J connectivity index is 1.62. The first-order chi connectivity index (χ1) is 14.5. The van der Waals surface area contributed by atoms with Gasteiger partial charge in [0.15, 0.2) is 0 Å². The van der Waals surface area contributed by atoms with Crippen molar-refractivity contribution in [2.24, 2.45) is 5.92 Å². The van der Waals surface area contributed by atoms with E-state index in [-0.39, 0.29) is 6.03 Å². The van der Waals surface area contributed by atoms with E-state index >= 15 is 0 Å². The summed E-state index contributed by atoms with van der Waals surface area (Å²) in [5.74, 6) is 0.315. The molecule has 0 spiro atoms. The van der Waals surface area contributed by atoms with Gasteiger partial charge in [-0.1, -0.05) is 80.0 Å². The fourth-order valence-electron chi connectivity index (χ4n) is 3.64. The Morgan fingerprint density at radius 1 is 1.00 bits per heavy atom. The van der Waals surface area contributed by atoms with E-state index in [1.54, 1.807) is 4.90 Å². The van der Waals surface area contributed by atoms with Crippen LogP contribution in [0.5, 0.6) is 0 Å². The number of aromatic nitrogens is 1. The van der Waals surface area contributed by atoms with Crippen molar-refractivity contribution in [3.05, 3.63) is 83.5 Å². The first kappa shape index (κ1) is 20.2. The van der Waals surface area contributed by atoms with Gasteiger partial charge >= 0.3 is 6.03 Å². The molecule has 4 nitrogen and oxygen atoms in total. The van der Waals surface area contributed by atoms with E-state index < -0.39 is 0 Å². The molecule has 1 N–H and O–H groups in total. The molecular weight excluding hydrogens is 394 g/mol. The van der Waals surface area contributed by atoms with E-state index in [0.29, 0.717) is 24.2 Å². The molecule has 0 aliphatic rings. The molecule has 0 aliphatic carbocycles. The second-order valence-electron chi connectivity index (χ2n) is 7.86. The maximum atomic E-state index is 13.2. The Morgan fingerprint density at radius 3 is 2.50 bits per heavy atom. The summed E-state index contributed by atoms with van der Waals surface area (Å²) in [6.45, 7) is 5.20. The zero-order valence-electron chi connectivity index (χ0n) is 17.1. The molecular formula is C25H24ClN3O. The lowest BCUT2D eigenvalue weighted by molar-refractivity contribution is 0.201. The Hall–Kier alpha value is -3.11. The number of pyridine rings is 1. The predicted molar refractivity (Wildman–Crippen MR) is 125 cm³/mol. The van der Waals surface area contributed by atoms with Gasteiger partial charge in [0.05, 0.1) is 17.7 Å². The standard InChI is InChI=1S/C25H24ClN3O/c1-17(2)15-29(16-20-14-19-9-4-6-12-22(19)27-24(20)26)25(30)28-23-13-7-10-18-8-3-5-11-21(18)23/h3-14,17H,15-16H2,1-2H3,(H,28,30). The van der Waals surface area contributed by atoms with E-state index in [9.17, 15) is 4.79 Å². The lowest BCUT2D eigenvalue weighted by Crippen LogP contribution is -2.37. The summed E-state index contributed by atoms with van der Waals surface area (Å²) in [4.78, 5) is 19.5. The van der Waals surface area contributed by atoms with E-state index in [2.05, 4.69) is 24.1 Å². The van der Waals surface area contributed by atoms with Crippen molar-refractivity contribution in [2.45, 2.75) is 20.4 Å². The smallest absolute Gasteiger partial charge is 0.320 e. The fourth-order valence-corrected chi connectivity index (χ4v) is 3.85. The molecule has 0 aliphatic heterocycles. The molecule has 3 aromatic carbocycles. The second-order valence-corrected chi connectivity index (χ2v) is 8.22. The lowest BCUT2D eigenvalue weighted by Gasteiger charge is -2.26. The molecule has 0 atom stereocenters. The highest BCUT2D eigenvalue weighted by Gasteiger charge is 2.18. The van der Waals surface area contributed by atoms with Gasteiger partial charge in [0, 0.05) is 22.9 Å². The second kappa shape index (κ2) is 8.72. The van der Waals surface area contributed by atoms with Crippen LogP contribution in [-0.4, -0.2) is 22.5 Å². The zero-order valence-corrected chi connectivity index (χ0v) is 17.9. The Bertz CT molecular complexity index is 1200. The van der Waals surface area contributed by atoms with Gasteiger partial charge in [0.1, 0.15) is 5.15 Å². The SMILES string of the molecule is CC(C)CN(Cc1cc2ccccc2nc1Cl)C(=O)Nc1cccc2ccccc12. The molecule has 0 radical (unpaired) electrons. The van der Waals surface area contributed by atoms with Crippen LogP contribution in [0.4, 0.5) is 10.5 Å². The highest BCUT2D eigenvalue weighted by atomic mass is 35.5. The number of hydrogen-bond donors (Lipinski definition) is 1. The molecule has 0 bridgehead atoms. The molecule has 1 aromatic heterocycles. The van der Waals surface area contributed by atoms with Gasteiger partial charge in [-0.15, -0.1) is 0 Å². The van der Waals surface area contributed by atoms with Gasteiger partial charge in [0.25, 0.3) is 0 Å². The number of nitrogens with one attached hydrogen (secondary N) is 1. The summed E-state index contributed by atoms with van der Waals surface area (Å²) < 4.78 is 0. The minimum atomic E-state index is -0.149. The maximum Gasteiger partial charge on any atom is 0.322 e. The largest absolute Gasteiger partial charge is 0.322 e. The van der Waals surface area contributed by atoms with Crippen LogP contribution in [-0.2, 0) is 6.54 Å². The average molecular weight is 418 g/mol. The van der Waals surface area contributed by atoms with Gasteiger partial charge < -0.3 is 10.2 Å². The summed E-state index contributed by atoms with van der Waals surface area (Å²) in [5, 5.41) is 6.64. The number of urea groups is 1. The summed E-state index contributed by atoms with van der Waals surface area (Å²) >= 11 is 6.46. The summed E-state index contributed by atoms with van der Waals surface area (Å²) in [6, 6.07) is 23.7. The number of fused-ring (bicyclic) bond motifs is 2. The Labute approximate surface area is 181 Å². The fraction of sp³-hybridized carbons (Fsp3) is 0.200. The van der Waals surface area contributed by atoms with Gasteiger partial charge in [-0.25, -0.2) is 9.78 Å². The third-order valence-electron chi connectivity index (χ3n) is 5.02. The van der Waals surface area contributed by atoms with Crippen LogP contribution in [0.2, 0.25) is 5.15 Å². The van der Waals surface area contributed by atoms with Crippen molar-refractivity contribution in [3.63, 3.8) is 0 Å². The van der Waals surface area contributed by atoms with Crippen LogP contribution in [0.3, 0.4) is 0 Å². The van der Waals surface area contributed by atoms with Crippen LogP contribution in [0.15, 0.2) is 72.8 Å². The van der Waals surface area contributed by atoms with Crippen molar-refractivity contribution in [2.75, 3.05) is 11.9 Å². The minimum Gasteiger partial charge on any atom is -0.320 e. The number of hydrogen-bond acceptors (Lipinski definition) is 2. The van der Waals surface area contributed by atoms with Gasteiger partial charge in [0.2, 0.25) is 0 Å². The summed E-state index contributed by atoms with van der Waals surface area (Å²) in [6.07, 6.45) is 0. The molecule has 2 amide bonds. The average Bonchev–Trinajstić information content (AvgIpc) is 2.73. The summed E-state index contributed by atoms with van der Waals surface area (Å²) in [5.41, 5.74) is 2.49. The van der Waals surface area contributed by atoms with Crippen LogP contribution >= 0.6 is 11.6 Å². The molecule has 4 aromatic rings. The first-order valence-corrected chi connectivity index (χ1v) is 10.5. The quantitative estimate of drug-likeness (QED) is 0.366. The molecule has 4 rings (SSSR count). The minimum absolute atomic E-state index is 0.149. The number of para-hydroxylation sites is 1. The van der Waals surface area contributed by atoms with Gasteiger partial charge in [-0.3, -0.25) is 0 Å². The summed E-state index contributed by atoms with van der Waals surface area (Å²) in [7, 11) is 0. The maximum absolute atomic E-state index is 13.2. The number of nitrogens with zero attached hydrogens (tertiary/aromatic N) is 2. The van der Waals surface area contributed by atoms with E-state index in [0.717, 1.165) is 32.9 Å². The lowest BCUT2D eigenvalue weighted by atomic mass is 10.1.